The first-order valence-corrected chi connectivity index (χ1v) is 8.68. The average molecular weight is 316 g/mol. The van der Waals surface area contributed by atoms with Crippen LogP contribution >= 0.6 is 0 Å². The number of nitrogens with zero attached hydrogens (tertiary/aromatic N) is 1. The van der Waals surface area contributed by atoms with Crippen molar-refractivity contribution in [3.63, 3.8) is 0 Å². The van der Waals surface area contributed by atoms with Gasteiger partial charge in [0.15, 0.2) is 0 Å². The minimum atomic E-state index is 0.160. The summed E-state index contributed by atoms with van der Waals surface area (Å²) in [6.45, 7) is 0.646. The van der Waals surface area contributed by atoms with Crippen LogP contribution in [0.3, 0.4) is 0 Å². The van der Waals surface area contributed by atoms with Gasteiger partial charge in [-0.05, 0) is 69.3 Å². The smallest absolute Gasteiger partial charge is 0.223 e. The topological polar surface area (TPSA) is 41.6 Å². The lowest BCUT2D eigenvalue weighted by Crippen LogP contribution is -2.40. The number of rotatable bonds is 6. The Labute approximate surface area is 139 Å². The number of likely N-dealkylation sites (N-methyl/N-ethyl adjacent to an activating group) is 1. The van der Waals surface area contributed by atoms with Crippen molar-refractivity contribution in [1.29, 1.82) is 0 Å². The van der Waals surface area contributed by atoms with Crippen LogP contribution in [0.15, 0.2) is 24.3 Å². The summed E-state index contributed by atoms with van der Waals surface area (Å²) in [4.78, 5) is 14.7. The van der Waals surface area contributed by atoms with Crippen LogP contribution in [0.25, 0.3) is 0 Å². The first-order chi connectivity index (χ1) is 11.1. The van der Waals surface area contributed by atoms with E-state index >= 15 is 0 Å². The number of fused-ring (bicyclic) bond motifs is 1. The molecule has 0 aromatic heterocycles. The second-order valence-electron chi connectivity index (χ2n) is 7.19. The number of nitrogens with one attached hydrogen (secondary N) is 1. The Kier molecular flexibility index (Phi) is 4.90. The van der Waals surface area contributed by atoms with E-state index in [4.69, 9.17) is 4.74 Å². The second-order valence-corrected chi connectivity index (χ2v) is 7.19. The van der Waals surface area contributed by atoms with Gasteiger partial charge in [0.05, 0.1) is 13.2 Å². The van der Waals surface area contributed by atoms with Gasteiger partial charge in [0.25, 0.3) is 0 Å². The zero-order valence-corrected chi connectivity index (χ0v) is 14.4. The van der Waals surface area contributed by atoms with Crippen LogP contribution < -0.4 is 10.1 Å². The molecular formula is C19H28N2O2. The summed E-state index contributed by atoms with van der Waals surface area (Å²) in [5, 5.41) is 3.21. The van der Waals surface area contributed by atoms with Gasteiger partial charge in [-0.3, -0.25) is 4.79 Å². The van der Waals surface area contributed by atoms with Crippen LogP contribution in [-0.4, -0.2) is 38.6 Å². The highest BCUT2D eigenvalue weighted by molar-refractivity contribution is 5.79. The Bertz CT molecular complexity index is 558. The van der Waals surface area contributed by atoms with E-state index in [0.717, 1.165) is 18.1 Å². The number of hydrogen-bond donors (Lipinski definition) is 1. The monoisotopic (exact) mass is 316 g/mol. The van der Waals surface area contributed by atoms with Gasteiger partial charge in [0.1, 0.15) is 5.75 Å². The lowest BCUT2D eigenvalue weighted by Gasteiger charge is -2.34. The third kappa shape index (κ3) is 3.37. The Morgan fingerprint density at radius 1 is 1.30 bits per heavy atom. The fourth-order valence-electron chi connectivity index (χ4n) is 4.19. The highest BCUT2D eigenvalue weighted by Crippen LogP contribution is 2.50. The molecule has 4 heteroatoms. The molecule has 0 saturated heterocycles. The molecule has 1 aromatic carbocycles. The minimum absolute atomic E-state index is 0.160. The molecule has 2 fully saturated rings. The quantitative estimate of drug-likeness (QED) is 0.877. The number of carbonyl (C=O) groups is 1. The lowest BCUT2D eigenvalue weighted by atomic mass is 9.72. The van der Waals surface area contributed by atoms with Gasteiger partial charge < -0.3 is 15.0 Å². The maximum absolute atomic E-state index is 12.6. The molecule has 0 heterocycles. The summed E-state index contributed by atoms with van der Waals surface area (Å²) in [6, 6.07) is 8.25. The van der Waals surface area contributed by atoms with Crippen molar-refractivity contribution < 1.29 is 9.53 Å². The molecule has 1 aromatic rings. The number of amides is 1. The first-order valence-electron chi connectivity index (χ1n) is 8.68. The summed E-state index contributed by atoms with van der Waals surface area (Å²) in [5.41, 5.74) is 1.17. The van der Waals surface area contributed by atoms with E-state index in [1.165, 1.54) is 24.8 Å². The molecule has 2 unspecified atom stereocenters. The van der Waals surface area contributed by atoms with Crippen molar-refractivity contribution in [2.45, 2.75) is 31.7 Å². The predicted octanol–water partition coefficient (Wildman–Crippen LogP) is 2.85. The number of benzene rings is 1. The molecule has 126 valence electrons. The van der Waals surface area contributed by atoms with Crippen molar-refractivity contribution >= 4 is 5.91 Å². The van der Waals surface area contributed by atoms with Crippen LogP contribution in [0.4, 0.5) is 0 Å². The second kappa shape index (κ2) is 6.91. The molecular weight excluding hydrogens is 288 g/mol. The minimum Gasteiger partial charge on any atom is -0.497 e. The molecule has 0 spiro atoms. The van der Waals surface area contributed by atoms with Crippen LogP contribution in [0.5, 0.6) is 5.75 Å². The fourth-order valence-corrected chi connectivity index (χ4v) is 4.19. The van der Waals surface area contributed by atoms with Crippen LogP contribution in [-0.2, 0) is 4.79 Å². The molecule has 2 saturated carbocycles. The molecule has 23 heavy (non-hydrogen) atoms. The third-order valence-corrected chi connectivity index (χ3v) is 5.75. The highest BCUT2D eigenvalue weighted by Gasteiger charge is 2.45. The van der Waals surface area contributed by atoms with Gasteiger partial charge in [0, 0.05) is 12.5 Å². The van der Waals surface area contributed by atoms with E-state index in [1.807, 2.05) is 32.3 Å². The van der Waals surface area contributed by atoms with Crippen LogP contribution in [0, 0.1) is 17.8 Å². The van der Waals surface area contributed by atoms with Crippen LogP contribution in [0.2, 0.25) is 0 Å². The number of methoxy groups -OCH3 is 1. The Hall–Kier alpha value is -1.55. The highest BCUT2D eigenvalue weighted by atomic mass is 16.5. The molecule has 1 amide bonds. The lowest BCUT2D eigenvalue weighted by molar-refractivity contribution is -0.127. The van der Waals surface area contributed by atoms with E-state index in [9.17, 15) is 4.79 Å². The normalized spacial score (nSPS) is 27.2. The summed E-state index contributed by atoms with van der Waals surface area (Å²) < 4.78 is 5.32. The van der Waals surface area contributed by atoms with Crippen molar-refractivity contribution in [3.8, 4) is 5.75 Å². The zero-order chi connectivity index (χ0) is 16.4. The molecule has 3 rings (SSSR count). The molecule has 4 nitrogen and oxygen atoms in total. The van der Waals surface area contributed by atoms with Crippen molar-refractivity contribution in [1.82, 2.24) is 10.2 Å². The molecule has 0 radical (unpaired) electrons. The Morgan fingerprint density at radius 3 is 2.70 bits per heavy atom. The largest absolute Gasteiger partial charge is 0.497 e. The number of carbonyl (C=O) groups excluding carboxylic acids is 1. The fraction of sp³-hybridized carbons (Fsp3) is 0.632. The van der Waals surface area contributed by atoms with Gasteiger partial charge >= 0.3 is 0 Å². The molecule has 0 bridgehead atoms. The SMILES string of the molecule is COc1cccc(C(CNC(=O)C2CC[C@@H]3CC[C@H]23)N(C)C)c1. The van der Waals surface area contributed by atoms with E-state index in [1.54, 1.807) is 7.11 Å². The maximum Gasteiger partial charge on any atom is 0.223 e. The van der Waals surface area contributed by atoms with E-state index in [2.05, 4.69) is 16.3 Å². The zero-order valence-electron chi connectivity index (χ0n) is 14.4. The van der Waals surface area contributed by atoms with Gasteiger partial charge in [-0.2, -0.15) is 0 Å². The maximum atomic E-state index is 12.6. The van der Waals surface area contributed by atoms with Crippen molar-refractivity contribution in [2.24, 2.45) is 17.8 Å². The van der Waals surface area contributed by atoms with Gasteiger partial charge in [-0.1, -0.05) is 12.1 Å². The molecule has 0 aliphatic heterocycles. The summed E-state index contributed by atoms with van der Waals surface area (Å²) in [7, 11) is 5.78. The summed E-state index contributed by atoms with van der Waals surface area (Å²) in [5.74, 6) is 2.85. The molecule has 2 aliphatic rings. The molecule has 1 N–H and O–H groups in total. The van der Waals surface area contributed by atoms with Gasteiger partial charge in [-0.25, -0.2) is 0 Å². The number of ether oxygens (including phenoxy) is 1. The predicted molar refractivity (Wildman–Crippen MR) is 91.4 cm³/mol. The molecule has 4 atom stereocenters. The van der Waals surface area contributed by atoms with E-state index in [0.29, 0.717) is 12.5 Å². The number of hydrogen-bond acceptors (Lipinski definition) is 3. The van der Waals surface area contributed by atoms with Gasteiger partial charge in [-0.15, -0.1) is 0 Å². The van der Waals surface area contributed by atoms with E-state index < -0.39 is 0 Å². The van der Waals surface area contributed by atoms with Crippen molar-refractivity contribution in [3.05, 3.63) is 29.8 Å². The first kappa shape index (κ1) is 16.3. The Morgan fingerprint density at radius 2 is 2.09 bits per heavy atom. The standard InChI is InChI=1S/C19H28N2O2/c1-21(2)18(14-5-4-6-15(11-14)23-3)12-20-19(22)17-10-8-13-7-9-16(13)17/h4-6,11,13,16-18H,7-10,12H2,1-3H3,(H,20,22)/t13-,16-,17?,18?/m0/s1. The third-order valence-electron chi connectivity index (χ3n) is 5.75. The summed E-state index contributed by atoms with van der Waals surface area (Å²) >= 11 is 0. The Balaban J connectivity index is 1.62. The average Bonchev–Trinajstić information content (AvgIpc) is 2.81. The summed E-state index contributed by atoms with van der Waals surface area (Å²) in [6.07, 6.45) is 4.90. The van der Waals surface area contributed by atoms with E-state index in [-0.39, 0.29) is 17.9 Å². The van der Waals surface area contributed by atoms with Gasteiger partial charge in [0.2, 0.25) is 5.91 Å². The van der Waals surface area contributed by atoms with Crippen molar-refractivity contribution in [2.75, 3.05) is 27.7 Å². The molecule has 2 aliphatic carbocycles. The van der Waals surface area contributed by atoms with Crippen LogP contribution in [0.1, 0.15) is 37.3 Å².